The van der Waals surface area contributed by atoms with Gasteiger partial charge in [0.25, 0.3) is 0 Å². The molecule has 1 saturated heterocycles. The molecule has 1 fully saturated rings. The molecule has 0 unspecified atom stereocenters. The van der Waals surface area contributed by atoms with Gasteiger partial charge in [-0.25, -0.2) is 4.98 Å². The first kappa shape index (κ1) is 9.40. The van der Waals surface area contributed by atoms with E-state index in [1.807, 2.05) is 0 Å². The zero-order chi connectivity index (χ0) is 9.80. The fourth-order valence-electron chi connectivity index (χ4n) is 1.87. The van der Waals surface area contributed by atoms with Gasteiger partial charge in [0.2, 0.25) is 0 Å². The Labute approximate surface area is 84.2 Å². The number of anilines is 1. The normalized spacial score (nSPS) is 17.1. The van der Waals surface area contributed by atoms with E-state index in [4.69, 9.17) is 5.73 Å². The second-order valence-corrected chi connectivity index (χ2v) is 3.58. The van der Waals surface area contributed by atoms with Crippen LogP contribution in [-0.2, 0) is 6.54 Å². The lowest BCUT2D eigenvalue weighted by molar-refractivity contribution is 0.570. The van der Waals surface area contributed by atoms with Crippen molar-refractivity contribution >= 4 is 5.82 Å². The summed E-state index contributed by atoms with van der Waals surface area (Å²) >= 11 is 0. The van der Waals surface area contributed by atoms with E-state index in [1.165, 1.54) is 19.3 Å². The summed E-state index contributed by atoms with van der Waals surface area (Å²) in [6.07, 6.45) is 7.27. The van der Waals surface area contributed by atoms with Crippen molar-refractivity contribution in [1.82, 2.24) is 9.97 Å². The third-order valence-electron chi connectivity index (χ3n) is 2.60. The average molecular weight is 192 g/mol. The van der Waals surface area contributed by atoms with Gasteiger partial charge in [0, 0.05) is 32.0 Å². The van der Waals surface area contributed by atoms with Crippen LogP contribution in [0.15, 0.2) is 12.4 Å². The van der Waals surface area contributed by atoms with Crippen molar-refractivity contribution < 1.29 is 0 Å². The molecule has 0 spiro atoms. The van der Waals surface area contributed by atoms with Crippen molar-refractivity contribution in [2.45, 2.75) is 25.8 Å². The molecule has 0 amide bonds. The minimum atomic E-state index is 0.472. The van der Waals surface area contributed by atoms with Gasteiger partial charge in [0.05, 0.1) is 5.69 Å². The summed E-state index contributed by atoms with van der Waals surface area (Å²) in [7, 11) is 0. The molecule has 14 heavy (non-hydrogen) atoms. The number of nitrogens with zero attached hydrogens (tertiary/aromatic N) is 3. The molecule has 1 aromatic rings. The first-order valence-corrected chi connectivity index (χ1v) is 5.16. The highest BCUT2D eigenvalue weighted by Crippen LogP contribution is 2.19. The number of hydrogen-bond donors (Lipinski definition) is 1. The lowest BCUT2D eigenvalue weighted by Crippen LogP contribution is -2.31. The van der Waals surface area contributed by atoms with Gasteiger partial charge in [-0.3, -0.25) is 4.98 Å². The van der Waals surface area contributed by atoms with E-state index in [0.29, 0.717) is 6.54 Å². The smallest absolute Gasteiger partial charge is 0.151 e. The molecule has 0 radical (unpaired) electrons. The second kappa shape index (κ2) is 4.37. The molecule has 1 aliphatic heterocycles. The highest BCUT2D eigenvalue weighted by atomic mass is 15.2. The van der Waals surface area contributed by atoms with E-state index in [1.54, 1.807) is 12.4 Å². The van der Waals surface area contributed by atoms with Crippen LogP contribution in [0.25, 0.3) is 0 Å². The van der Waals surface area contributed by atoms with Crippen LogP contribution in [0.3, 0.4) is 0 Å². The predicted molar refractivity (Wildman–Crippen MR) is 56.0 cm³/mol. The number of aromatic nitrogens is 2. The molecule has 1 aromatic heterocycles. The van der Waals surface area contributed by atoms with Crippen LogP contribution in [0, 0.1) is 0 Å². The molecule has 0 bridgehead atoms. The Balaban J connectivity index is 2.20. The topological polar surface area (TPSA) is 55.0 Å². The number of piperidine rings is 1. The molecule has 0 aliphatic carbocycles. The van der Waals surface area contributed by atoms with Crippen LogP contribution < -0.4 is 10.6 Å². The summed E-state index contributed by atoms with van der Waals surface area (Å²) in [5.41, 5.74) is 6.54. The Morgan fingerprint density at radius 3 is 2.57 bits per heavy atom. The average Bonchev–Trinajstić information content (AvgIpc) is 2.30. The minimum absolute atomic E-state index is 0.472. The highest BCUT2D eigenvalue weighted by Gasteiger charge is 2.15. The molecule has 76 valence electrons. The summed E-state index contributed by atoms with van der Waals surface area (Å²) in [6.45, 7) is 2.65. The lowest BCUT2D eigenvalue weighted by atomic mass is 10.1. The monoisotopic (exact) mass is 192 g/mol. The van der Waals surface area contributed by atoms with Crippen molar-refractivity contribution in [3.63, 3.8) is 0 Å². The first-order valence-electron chi connectivity index (χ1n) is 5.16. The van der Waals surface area contributed by atoms with Crippen LogP contribution in [0.5, 0.6) is 0 Å². The molecular weight excluding hydrogens is 176 g/mol. The molecule has 4 heteroatoms. The van der Waals surface area contributed by atoms with Gasteiger partial charge < -0.3 is 10.6 Å². The van der Waals surface area contributed by atoms with Gasteiger partial charge in [0.1, 0.15) is 0 Å². The van der Waals surface area contributed by atoms with Crippen LogP contribution in [0.1, 0.15) is 25.0 Å². The van der Waals surface area contributed by atoms with Crippen LogP contribution in [-0.4, -0.2) is 23.1 Å². The van der Waals surface area contributed by atoms with E-state index in [0.717, 1.165) is 24.6 Å². The standard InChI is InChI=1S/C10H16N4/c11-8-9-10(13-5-4-12-9)14-6-2-1-3-7-14/h4-5H,1-3,6-8,11H2. The summed E-state index contributed by atoms with van der Waals surface area (Å²) in [4.78, 5) is 10.9. The van der Waals surface area contributed by atoms with Gasteiger partial charge in [-0.15, -0.1) is 0 Å². The largest absolute Gasteiger partial charge is 0.355 e. The van der Waals surface area contributed by atoms with Crippen LogP contribution in [0.4, 0.5) is 5.82 Å². The van der Waals surface area contributed by atoms with Crippen molar-refractivity contribution in [2.24, 2.45) is 5.73 Å². The summed E-state index contributed by atoms with van der Waals surface area (Å²) < 4.78 is 0. The zero-order valence-electron chi connectivity index (χ0n) is 8.32. The predicted octanol–water partition coefficient (Wildman–Crippen LogP) is 0.926. The Morgan fingerprint density at radius 1 is 1.14 bits per heavy atom. The summed E-state index contributed by atoms with van der Waals surface area (Å²) in [5.74, 6) is 0.981. The summed E-state index contributed by atoms with van der Waals surface area (Å²) in [5, 5.41) is 0. The molecule has 4 nitrogen and oxygen atoms in total. The van der Waals surface area contributed by atoms with E-state index >= 15 is 0 Å². The molecule has 0 atom stereocenters. The molecule has 1 aliphatic rings. The summed E-state index contributed by atoms with van der Waals surface area (Å²) in [6, 6.07) is 0. The first-order chi connectivity index (χ1) is 6.92. The van der Waals surface area contributed by atoms with E-state index in [9.17, 15) is 0 Å². The third-order valence-corrected chi connectivity index (χ3v) is 2.60. The fraction of sp³-hybridized carbons (Fsp3) is 0.600. The van der Waals surface area contributed by atoms with Crippen molar-refractivity contribution in [3.05, 3.63) is 18.1 Å². The van der Waals surface area contributed by atoms with Crippen molar-refractivity contribution in [2.75, 3.05) is 18.0 Å². The van der Waals surface area contributed by atoms with Gasteiger partial charge in [-0.2, -0.15) is 0 Å². The number of nitrogens with two attached hydrogens (primary N) is 1. The van der Waals surface area contributed by atoms with Crippen molar-refractivity contribution in [3.8, 4) is 0 Å². The number of hydrogen-bond acceptors (Lipinski definition) is 4. The molecule has 2 rings (SSSR count). The maximum Gasteiger partial charge on any atom is 0.151 e. The minimum Gasteiger partial charge on any atom is -0.355 e. The Morgan fingerprint density at radius 2 is 1.86 bits per heavy atom. The molecule has 2 heterocycles. The van der Waals surface area contributed by atoms with E-state index in [-0.39, 0.29) is 0 Å². The molecular formula is C10H16N4. The maximum atomic E-state index is 5.63. The molecule has 0 aromatic carbocycles. The van der Waals surface area contributed by atoms with E-state index < -0.39 is 0 Å². The quantitative estimate of drug-likeness (QED) is 0.757. The van der Waals surface area contributed by atoms with Crippen molar-refractivity contribution in [1.29, 1.82) is 0 Å². The zero-order valence-corrected chi connectivity index (χ0v) is 8.32. The van der Waals surface area contributed by atoms with Gasteiger partial charge in [-0.1, -0.05) is 0 Å². The molecule has 0 saturated carbocycles. The SMILES string of the molecule is NCc1nccnc1N1CCCCC1. The number of rotatable bonds is 2. The molecule has 2 N–H and O–H groups in total. The van der Waals surface area contributed by atoms with Gasteiger partial charge in [0.15, 0.2) is 5.82 Å². The lowest BCUT2D eigenvalue weighted by Gasteiger charge is -2.28. The fourth-order valence-corrected chi connectivity index (χ4v) is 1.87. The Hall–Kier alpha value is -1.16. The van der Waals surface area contributed by atoms with Crippen LogP contribution >= 0.6 is 0 Å². The Kier molecular flexibility index (Phi) is 2.93. The highest BCUT2D eigenvalue weighted by molar-refractivity contribution is 5.43. The third kappa shape index (κ3) is 1.85. The second-order valence-electron chi connectivity index (χ2n) is 3.58. The van der Waals surface area contributed by atoms with Gasteiger partial charge >= 0.3 is 0 Å². The van der Waals surface area contributed by atoms with Crippen LogP contribution in [0.2, 0.25) is 0 Å². The maximum absolute atomic E-state index is 5.63. The van der Waals surface area contributed by atoms with E-state index in [2.05, 4.69) is 14.9 Å². The van der Waals surface area contributed by atoms with Gasteiger partial charge in [-0.05, 0) is 19.3 Å². The Bertz CT molecular complexity index is 294.